The van der Waals surface area contributed by atoms with Gasteiger partial charge in [-0.2, -0.15) is 5.10 Å². The topological polar surface area (TPSA) is 84.5 Å². The van der Waals surface area contributed by atoms with Crippen molar-refractivity contribution in [2.45, 2.75) is 47.1 Å². The Morgan fingerprint density at radius 2 is 1.77 bits per heavy atom. The summed E-state index contributed by atoms with van der Waals surface area (Å²) in [7, 11) is 0. The van der Waals surface area contributed by atoms with E-state index in [-0.39, 0.29) is 11.6 Å². The maximum atomic E-state index is 12.7. The SMILES string of the molecule is Cc1nn(CC(C)C)c(C)c1CCC(=O)N1CCN(c2ccc([N+](=O)[O-])cc2)CC1. The number of carbonyl (C=O) groups excluding carboxylic acids is 1. The number of carbonyl (C=O) groups is 1. The molecule has 0 unspecified atom stereocenters. The molecule has 0 atom stereocenters. The Hall–Kier alpha value is -2.90. The Morgan fingerprint density at radius 3 is 2.33 bits per heavy atom. The first-order chi connectivity index (χ1) is 14.3. The van der Waals surface area contributed by atoms with Crippen LogP contribution in [0.4, 0.5) is 11.4 Å². The molecule has 30 heavy (non-hydrogen) atoms. The molecule has 2 heterocycles. The lowest BCUT2D eigenvalue weighted by molar-refractivity contribution is -0.384. The maximum Gasteiger partial charge on any atom is 0.269 e. The molecule has 2 aromatic rings. The van der Waals surface area contributed by atoms with Crippen LogP contribution in [0, 0.1) is 29.9 Å². The minimum atomic E-state index is -0.392. The van der Waals surface area contributed by atoms with E-state index < -0.39 is 4.92 Å². The summed E-state index contributed by atoms with van der Waals surface area (Å²) in [5.74, 6) is 0.707. The monoisotopic (exact) mass is 413 g/mol. The molecule has 1 amide bonds. The average molecular weight is 414 g/mol. The smallest absolute Gasteiger partial charge is 0.269 e. The molecule has 1 saturated heterocycles. The summed E-state index contributed by atoms with van der Waals surface area (Å²) in [4.78, 5) is 27.2. The molecule has 162 valence electrons. The summed E-state index contributed by atoms with van der Waals surface area (Å²) in [5.41, 5.74) is 4.42. The molecule has 8 nitrogen and oxygen atoms in total. The lowest BCUT2D eigenvalue weighted by Crippen LogP contribution is -2.48. The van der Waals surface area contributed by atoms with Crippen molar-refractivity contribution < 1.29 is 9.72 Å². The van der Waals surface area contributed by atoms with E-state index in [1.54, 1.807) is 12.1 Å². The first-order valence-corrected chi connectivity index (χ1v) is 10.6. The van der Waals surface area contributed by atoms with Gasteiger partial charge in [0, 0.05) is 62.7 Å². The minimum absolute atomic E-state index is 0.0925. The van der Waals surface area contributed by atoms with E-state index in [1.807, 2.05) is 11.8 Å². The summed E-state index contributed by atoms with van der Waals surface area (Å²) >= 11 is 0. The summed E-state index contributed by atoms with van der Waals surface area (Å²) in [6.45, 7) is 12.2. The summed E-state index contributed by atoms with van der Waals surface area (Å²) < 4.78 is 2.06. The standard InChI is InChI=1S/C22H31N5O3/c1-16(2)15-26-18(4)21(17(3)23-26)9-10-22(28)25-13-11-24(12-14-25)19-5-7-20(8-6-19)27(29)30/h5-8,16H,9-15H2,1-4H3. The number of rotatable bonds is 7. The van der Waals surface area contributed by atoms with Crippen LogP contribution in [0.3, 0.4) is 0 Å². The van der Waals surface area contributed by atoms with E-state index >= 15 is 0 Å². The van der Waals surface area contributed by atoms with Crippen molar-refractivity contribution in [3.05, 3.63) is 51.3 Å². The van der Waals surface area contributed by atoms with Gasteiger partial charge in [-0.3, -0.25) is 19.6 Å². The Bertz CT molecular complexity index is 896. The lowest BCUT2D eigenvalue weighted by Gasteiger charge is -2.36. The predicted octanol–water partition coefficient (Wildman–Crippen LogP) is 3.35. The van der Waals surface area contributed by atoms with Crippen LogP contribution in [0.2, 0.25) is 0 Å². The van der Waals surface area contributed by atoms with Crippen LogP contribution < -0.4 is 4.90 Å². The molecule has 0 saturated carbocycles. The summed E-state index contributed by atoms with van der Waals surface area (Å²) in [5, 5.41) is 15.4. The van der Waals surface area contributed by atoms with Crippen LogP contribution in [-0.2, 0) is 17.8 Å². The number of aryl methyl sites for hydroxylation is 1. The van der Waals surface area contributed by atoms with Gasteiger partial charge in [0.15, 0.2) is 0 Å². The number of hydrogen-bond acceptors (Lipinski definition) is 5. The number of benzene rings is 1. The average Bonchev–Trinajstić information content (AvgIpc) is 2.98. The molecule has 3 rings (SSSR count). The van der Waals surface area contributed by atoms with Gasteiger partial charge in [0.05, 0.1) is 10.6 Å². The highest BCUT2D eigenvalue weighted by molar-refractivity contribution is 5.77. The zero-order valence-corrected chi connectivity index (χ0v) is 18.3. The Morgan fingerprint density at radius 1 is 1.13 bits per heavy atom. The van der Waals surface area contributed by atoms with Gasteiger partial charge in [0.1, 0.15) is 0 Å². The Kier molecular flexibility index (Phi) is 6.74. The van der Waals surface area contributed by atoms with Crippen LogP contribution in [0.25, 0.3) is 0 Å². The quantitative estimate of drug-likeness (QED) is 0.513. The van der Waals surface area contributed by atoms with Gasteiger partial charge >= 0.3 is 0 Å². The van der Waals surface area contributed by atoms with E-state index in [9.17, 15) is 14.9 Å². The Balaban J connectivity index is 1.52. The van der Waals surface area contributed by atoms with Crippen LogP contribution in [-0.4, -0.2) is 51.7 Å². The minimum Gasteiger partial charge on any atom is -0.368 e. The normalized spacial score (nSPS) is 14.4. The first-order valence-electron chi connectivity index (χ1n) is 10.6. The van der Waals surface area contributed by atoms with Crippen molar-refractivity contribution in [2.75, 3.05) is 31.1 Å². The number of anilines is 1. The van der Waals surface area contributed by atoms with Gasteiger partial charge in [-0.1, -0.05) is 13.8 Å². The highest BCUT2D eigenvalue weighted by Crippen LogP contribution is 2.21. The van der Waals surface area contributed by atoms with Crippen molar-refractivity contribution in [2.24, 2.45) is 5.92 Å². The molecular weight excluding hydrogens is 382 g/mol. The van der Waals surface area contributed by atoms with Crippen molar-refractivity contribution in [1.82, 2.24) is 14.7 Å². The third-order valence-electron chi connectivity index (χ3n) is 5.72. The molecule has 1 fully saturated rings. The van der Waals surface area contributed by atoms with E-state index in [1.165, 1.54) is 17.7 Å². The van der Waals surface area contributed by atoms with Gasteiger partial charge in [-0.05, 0) is 43.9 Å². The largest absolute Gasteiger partial charge is 0.368 e. The lowest BCUT2D eigenvalue weighted by atomic mass is 10.1. The molecular formula is C22H31N5O3. The van der Waals surface area contributed by atoms with E-state index in [0.29, 0.717) is 25.4 Å². The number of aromatic nitrogens is 2. The zero-order chi connectivity index (χ0) is 21.8. The number of amides is 1. The van der Waals surface area contributed by atoms with E-state index in [2.05, 4.69) is 35.5 Å². The second kappa shape index (κ2) is 9.28. The van der Waals surface area contributed by atoms with Crippen molar-refractivity contribution >= 4 is 17.3 Å². The number of nitro groups is 1. The molecule has 0 spiro atoms. The molecule has 8 heteroatoms. The van der Waals surface area contributed by atoms with Gasteiger partial charge in [-0.15, -0.1) is 0 Å². The molecule has 1 aromatic carbocycles. The summed E-state index contributed by atoms with van der Waals surface area (Å²) in [6.07, 6.45) is 1.21. The van der Waals surface area contributed by atoms with Crippen LogP contribution in [0.1, 0.15) is 37.2 Å². The molecule has 1 aromatic heterocycles. The van der Waals surface area contributed by atoms with Crippen LogP contribution >= 0.6 is 0 Å². The number of piperazine rings is 1. The van der Waals surface area contributed by atoms with Crippen molar-refractivity contribution in [1.29, 1.82) is 0 Å². The molecule has 1 aliphatic rings. The molecule has 1 aliphatic heterocycles. The molecule has 0 bridgehead atoms. The summed E-state index contributed by atoms with van der Waals surface area (Å²) in [6, 6.07) is 6.60. The van der Waals surface area contributed by atoms with Crippen molar-refractivity contribution in [3.63, 3.8) is 0 Å². The highest BCUT2D eigenvalue weighted by Gasteiger charge is 2.22. The fourth-order valence-corrected chi connectivity index (χ4v) is 4.01. The number of non-ortho nitro benzene ring substituents is 1. The number of nitro benzene ring substituents is 1. The Labute approximate surface area is 177 Å². The number of hydrogen-bond donors (Lipinski definition) is 0. The fraction of sp³-hybridized carbons (Fsp3) is 0.545. The van der Waals surface area contributed by atoms with Crippen LogP contribution in [0.5, 0.6) is 0 Å². The van der Waals surface area contributed by atoms with Gasteiger partial charge in [0.25, 0.3) is 5.69 Å². The maximum absolute atomic E-state index is 12.7. The van der Waals surface area contributed by atoms with Gasteiger partial charge < -0.3 is 9.80 Å². The van der Waals surface area contributed by atoms with Gasteiger partial charge in [-0.25, -0.2) is 0 Å². The van der Waals surface area contributed by atoms with E-state index in [4.69, 9.17) is 0 Å². The zero-order valence-electron chi connectivity index (χ0n) is 18.3. The van der Waals surface area contributed by atoms with E-state index in [0.717, 1.165) is 43.1 Å². The fourth-order valence-electron chi connectivity index (χ4n) is 4.01. The first kappa shape index (κ1) is 21.8. The third-order valence-corrected chi connectivity index (χ3v) is 5.72. The second-order valence-electron chi connectivity index (χ2n) is 8.37. The molecule has 0 N–H and O–H groups in total. The van der Waals surface area contributed by atoms with Crippen molar-refractivity contribution in [3.8, 4) is 0 Å². The predicted molar refractivity (Wildman–Crippen MR) is 117 cm³/mol. The number of nitrogens with zero attached hydrogens (tertiary/aromatic N) is 5. The molecule has 0 radical (unpaired) electrons. The second-order valence-corrected chi connectivity index (χ2v) is 8.37. The highest BCUT2D eigenvalue weighted by atomic mass is 16.6. The third kappa shape index (κ3) is 4.98. The van der Waals surface area contributed by atoms with Crippen LogP contribution in [0.15, 0.2) is 24.3 Å². The molecule has 0 aliphatic carbocycles. The van der Waals surface area contributed by atoms with Gasteiger partial charge in [0.2, 0.25) is 5.91 Å².